The van der Waals surface area contributed by atoms with E-state index in [1.165, 1.54) is 0 Å². The number of hydrogen-bond acceptors (Lipinski definition) is 2. The van der Waals surface area contributed by atoms with Crippen LogP contribution >= 0.6 is 0 Å². The van der Waals surface area contributed by atoms with E-state index in [0.29, 0.717) is 0 Å². The summed E-state index contributed by atoms with van der Waals surface area (Å²) in [6, 6.07) is 0. The van der Waals surface area contributed by atoms with Crippen LogP contribution in [0.1, 0.15) is 12.8 Å². The summed E-state index contributed by atoms with van der Waals surface area (Å²) in [6.45, 7) is 1.95. The fourth-order valence-corrected chi connectivity index (χ4v) is 0.734. The van der Waals surface area contributed by atoms with Crippen LogP contribution in [0.15, 0.2) is 0 Å². The largest absolute Gasteiger partial charge is 0.395 e. The molecule has 0 bridgehead atoms. The van der Waals surface area contributed by atoms with Crippen molar-refractivity contribution in [3.63, 3.8) is 0 Å². The second-order valence-corrected chi connectivity index (χ2v) is 2.33. The van der Waals surface area contributed by atoms with E-state index in [1.54, 1.807) is 0 Å². The number of nitrogens with zero attached hydrogens (tertiary/aromatic N) is 1. The normalized spacial score (nSPS) is 9.80. The Morgan fingerprint density at radius 2 is 2.20 bits per heavy atom. The van der Waals surface area contributed by atoms with Crippen molar-refractivity contribution in [2.24, 2.45) is 0 Å². The van der Waals surface area contributed by atoms with Crippen molar-refractivity contribution in [2.45, 2.75) is 12.8 Å². The van der Waals surface area contributed by atoms with Gasteiger partial charge in [0, 0.05) is 13.0 Å². The minimum Gasteiger partial charge on any atom is -0.395 e. The average Bonchev–Trinajstić information content (AvgIpc) is 1.89. The monoisotopic (exact) mass is 141 g/mol. The zero-order valence-electron chi connectivity index (χ0n) is 6.51. The van der Waals surface area contributed by atoms with Crippen molar-refractivity contribution in [3.05, 3.63) is 0 Å². The molecule has 0 amide bonds. The summed E-state index contributed by atoms with van der Waals surface area (Å²) in [5, 5.41) is 8.51. The number of likely N-dealkylation sites (N-methyl/N-ethyl adjacent to an activating group) is 1. The maximum absolute atomic E-state index is 8.51. The fraction of sp³-hybridized carbons (Fsp3) is 0.750. The Hall–Kier alpha value is -0.520. The Morgan fingerprint density at radius 3 is 2.70 bits per heavy atom. The highest BCUT2D eigenvalue weighted by atomic mass is 16.3. The van der Waals surface area contributed by atoms with Crippen LogP contribution in [0.4, 0.5) is 0 Å². The van der Waals surface area contributed by atoms with Crippen LogP contribution in [0.5, 0.6) is 0 Å². The Labute approximate surface area is 62.8 Å². The maximum atomic E-state index is 8.51. The SMILES string of the molecule is C#CCCCN(C)CCO. The molecule has 58 valence electrons. The van der Waals surface area contributed by atoms with Gasteiger partial charge in [-0.2, -0.15) is 0 Å². The lowest BCUT2D eigenvalue weighted by Crippen LogP contribution is -2.22. The van der Waals surface area contributed by atoms with Crippen LogP contribution in [0.2, 0.25) is 0 Å². The summed E-state index contributed by atoms with van der Waals surface area (Å²) in [7, 11) is 1.98. The van der Waals surface area contributed by atoms with Gasteiger partial charge in [0.1, 0.15) is 0 Å². The van der Waals surface area contributed by atoms with Crippen LogP contribution in [0.3, 0.4) is 0 Å². The van der Waals surface area contributed by atoms with Crippen LogP contribution < -0.4 is 0 Å². The topological polar surface area (TPSA) is 23.5 Å². The zero-order chi connectivity index (χ0) is 7.82. The molecule has 2 heteroatoms. The predicted octanol–water partition coefficient (Wildman–Crippen LogP) is 0.324. The molecule has 2 nitrogen and oxygen atoms in total. The molecule has 10 heavy (non-hydrogen) atoms. The molecule has 0 aromatic rings. The highest BCUT2D eigenvalue weighted by Crippen LogP contribution is 1.89. The van der Waals surface area contributed by atoms with Gasteiger partial charge < -0.3 is 10.0 Å². The fourth-order valence-electron chi connectivity index (χ4n) is 0.734. The summed E-state index contributed by atoms with van der Waals surface area (Å²) in [6.07, 6.45) is 6.92. The quantitative estimate of drug-likeness (QED) is 0.440. The third-order valence-corrected chi connectivity index (χ3v) is 1.34. The molecule has 0 aliphatic heterocycles. The Morgan fingerprint density at radius 1 is 1.50 bits per heavy atom. The summed E-state index contributed by atoms with van der Waals surface area (Å²) < 4.78 is 0. The number of terminal acetylenes is 1. The molecule has 0 aliphatic rings. The van der Waals surface area contributed by atoms with E-state index in [2.05, 4.69) is 10.8 Å². The first kappa shape index (κ1) is 9.48. The van der Waals surface area contributed by atoms with Crippen LogP contribution in [0, 0.1) is 12.3 Å². The molecule has 0 aromatic heterocycles. The highest BCUT2D eigenvalue weighted by molar-refractivity contribution is 4.83. The number of aliphatic hydroxyl groups excluding tert-OH is 1. The van der Waals surface area contributed by atoms with Crippen molar-refractivity contribution in [1.82, 2.24) is 4.90 Å². The molecule has 0 atom stereocenters. The van der Waals surface area contributed by atoms with Crippen molar-refractivity contribution < 1.29 is 5.11 Å². The molecule has 0 heterocycles. The molecule has 0 saturated carbocycles. The summed E-state index contributed by atoms with van der Waals surface area (Å²) in [5.74, 6) is 2.58. The Balaban J connectivity index is 3.06. The number of hydrogen-bond donors (Lipinski definition) is 1. The van der Waals surface area contributed by atoms with Gasteiger partial charge in [0.2, 0.25) is 0 Å². The lowest BCUT2D eigenvalue weighted by Gasteiger charge is -2.12. The molecule has 0 fully saturated rings. The van der Waals surface area contributed by atoms with E-state index >= 15 is 0 Å². The van der Waals surface area contributed by atoms with Gasteiger partial charge in [0.15, 0.2) is 0 Å². The standard InChI is InChI=1S/C8H15NO/c1-3-4-5-6-9(2)7-8-10/h1,10H,4-8H2,2H3. The van der Waals surface area contributed by atoms with Crippen molar-refractivity contribution in [2.75, 3.05) is 26.7 Å². The van der Waals surface area contributed by atoms with E-state index < -0.39 is 0 Å². The van der Waals surface area contributed by atoms with Gasteiger partial charge in [-0.25, -0.2) is 0 Å². The van der Waals surface area contributed by atoms with Gasteiger partial charge in [-0.05, 0) is 20.0 Å². The number of unbranched alkanes of at least 4 members (excludes halogenated alkanes) is 1. The molecule has 0 unspecified atom stereocenters. The van der Waals surface area contributed by atoms with Crippen LogP contribution in [0.25, 0.3) is 0 Å². The van der Waals surface area contributed by atoms with E-state index in [-0.39, 0.29) is 6.61 Å². The van der Waals surface area contributed by atoms with Gasteiger partial charge in [0.05, 0.1) is 6.61 Å². The molecule has 0 rings (SSSR count). The van der Waals surface area contributed by atoms with Gasteiger partial charge >= 0.3 is 0 Å². The van der Waals surface area contributed by atoms with Crippen molar-refractivity contribution in [3.8, 4) is 12.3 Å². The molecule has 0 aliphatic carbocycles. The minimum atomic E-state index is 0.229. The average molecular weight is 141 g/mol. The first-order valence-electron chi connectivity index (χ1n) is 3.54. The third kappa shape index (κ3) is 5.61. The summed E-state index contributed by atoms with van der Waals surface area (Å²) in [4.78, 5) is 2.07. The van der Waals surface area contributed by atoms with Gasteiger partial charge in [-0.1, -0.05) is 0 Å². The van der Waals surface area contributed by atoms with E-state index in [9.17, 15) is 0 Å². The molecule has 0 saturated heterocycles. The second-order valence-electron chi connectivity index (χ2n) is 2.33. The maximum Gasteiger partial charge on any atom is 0.0558 e. The lowest BCUT2D eigenvalue weighted by atomic mass is 10.3. The minimum absolute atomic E-state index is 0.229. The van der Waals surface area contributed by atoms with Crippen molar-refractivity contribution >= 4 is 0 Å². The van der Waals surface area contributed by atoms with Gasteiger partial charge in [0.25, 0.3) is 0 Å². The molecular formula is C8H15NO. The first-order chi connectivity index (χ1) is 4.81. The predicted molar refractivity (Wildman–Crippen MR) is 42.6 cm³/mol. The van der Waals surface area contributed by atoms with E-state index in [1.807, 2.05) is 7.05 Å². The molecule has 1 N–H and O–H groups in total. The van der Waals surface area contributed by atoms with Crippen LogP contribution in [-0.4, -0.2) is 36.8 Å². The number of rotatable bonds is 5. The summed E-state index contributed by atoms with van der Waals surface area (Å²) >= 11 is 0. The van der Waals surface area contributed by atoms with Crippen molar-refractivity contribution in [1.29, 1.82) is 0 Å². The molecular weight excluding hydrogens is 126 g/mol. The summed E-state index contributed by atoms with van der Waals surface area (Å²) in [5.41, 5.74) is 0. The van der Waals surface area contributed by atoms with E-state index in [0.717, 1.165) is 25.9 Å². The molecule has 0 aromatic carbocycles. The highest BCUT2D eigenvalue weighted by Gasteiger charge is 1.93. The third-order valence-electron chi connectivity index (χ3n) is 1.34. The lowest BCUT2D eigenvalue weighted by molar-refractivity contribution is 0.221. The van der Waals surface area contributed by atoms with Gasteiger partial charge in [-0.15, -0.1) is 12.3 Å². The van der Waals surface area contributed by atoms with E-state index in [4.69, 9.17) is 11.5 Å². The smallest absolute Gasteiger partial charge is 0.0558 e. The second kappa shape index (κ2) is 6.60. The Bertz CT molecular complexity index is 106. The van der Waals surface area contributed by atoms with Crippen LogP contribution in [-0.2, 0) is 0 Å². The van der Waals surface area contributed by atoms with Gasteiger partial charge in [-0.3, -0.25) is 0 Å². The molecule has 0 spiro atoms. The zero-order valence-corrected chi connectivity index (χ0v) is 6.51. The molecule has 0 radical (unpaired) electrons. The Kier molecular flexibility index (Phi) is 6.25. The first-order valence-corrected chi connectivity index (χ1v) is 3.54. The number of aliphatic hydroxyl groups is 1.